The van der Waals surface area contributed by atoms with E-state index < -0.39 is 18.4 Å². The second kappa shape index (κ2) is 10.6. The third kappa shape index (κ3) is 4.70. The smallest absolute Gasteiger partial charge is 0.339 e. The number of para-hydroxylation sites is 3. The Balaban J connectivity index is 1.60. The van der Waals surface area contributed by atoms with E-state index in [1.165, 1.54) is 0 Å². The molecule has 0 spiro atoms. The minimum atomic E-state index is -0.681. The molecule has 3 aromatic rings. The predicted octanol–water partition coefficient (Wildman–Crippen LogP) is 4.67. The van der Waals surface area contributed by atoms with Crippen molar-refractivity contribution < 1.29 is 19.1 Å². The van der Waals surface area contributed by atoms with Crippen molar-refractivity contribution in [3.05, 3.63) is 101 Å². The number of rotatable bonds is 7. The molecule has 4 rings (SSSR count). The highest BCUT2D eigenvalue weighted by atomic mass is 16.5. The monoisotopic (exact) mass is 479 g/mol. The number of hydrogen-bond acceptors (Lipinski definition) is 7. The summed E-state index contributed by atoms with van der Waals surface area (Å²) in [6.07, 6.45) is 1.67. The van der Waals surface area contributed by atoms with Gasteiger partial charge in [-0.05, 0) is 29.8 Å². The number of methoxy groups -OCH3 is 1. The molecule has 0 atom stereocenters. The van der Waals surface area contributed by atoms with E-state index in [0.29, 0.717) is 22.7 Å². The number of nitrogens with zero attached hydrogens (tertiary/aromatic N) is 3. The first-order valence-corrected chi connectivity index (χ1v) is 11.3. The minimum absolute atomic E-state index is 0.0843. The van der Waals surface area contributed by atoms with Gasteiger partial charge in [-0.3, -0.25) is 4.79 Å². The molecule has 0 N–H and O–H groups in total. The lowest BCUT2D eigenvalue weighted by atomic mass is 10.0. The highest BCUT2D eigenvalue weighted by molar-refractivity contribution is 6.22. The Morgan fingerprint density at radius 2 is 1.47 bits per heavy atom. The first kappa shape index (κ1) is 24.3. The Labute approximate surface area is 210 Å². The molecule has 180 valence electrons. The van der Waals surface area contributed by atoms with Gasteiger partial charge in [-0.2, -0.15) is 5.26 Å². The highest BCUT2D eigenvalue weighted by Gasteiger charge is 2.31. The number of ketones is 1. The second-order valence-electron chi connectivity index (χ2n) is 8.08. The molecule has 0 saturated heterocycles. The number of hydrogen-bond donors (Lipinski definition) is 0. The molecule has 0 saturated carbocycles. The van der Waals surface area contributed by atoms with Crippen LogP contribution in [-0.4, -0.2) is 39.6 Å². The maximum absolute atomic E-state index is 13.2. The third-order valence-electron chi connectivity index (χ3n) is 5.93. The quantitative estimate of drug-likeness (QED) is 0.211. The standard InChI is InChI=1S/C29H25N3O4/c1-31-24-14-8-9-15-25(24)32(2)28(31)23(18-30)26(33)19-36-29(34)22(20-11-5-4-6-12-20)17-21-13-7-10-16-27(21)35-3/h4-17H,19H2,1-3H3/b22-17+. The lowest BCUT2D eigenvalue weighted by molar-refractivity contribution is -0.140. The third-order valence-corrected chi connectivity index (χ3v) is 5.93. The van der Waals surface area contributed by atoms with E-state index in [9.17, 15) is 14.9 Å². The normalized spacial score (nSPS) is 12.6. The Bertz CT molecular complexity index is 1370. The first-order valence-electron chi connectivity index (χ1n) is 11.3. The number of anilines is 2. The van der Waals surface area contributed by atoms with E-state index in [1.807, 2.05) is 66.7 Å². The van der Waals surface area contributed by atoms with Crippen molar-refractivity contribution in [2.75, 3.05) is 37.6 Å². The summed E-state index contributed by atoms with van der Waals surface area (Å²) in [6, 6.07) is 25.9. The average molecular weight is 480 g/mol. The van der Waals surface area contributed by atoms with Crippen LogP contribution in [0.4, 0.5) is 11.4 Å². The Morgan fingerprint density at radius 3 is 2.08 bits per heavy atom. The molecule has 0 radical (unpaired) electrons. The van der Waals surface area contributed by atoms with Crippen LogP contribution in [-0.2, 0) is 14.3 Å². The summed E-state index contributed by atoms with van der Waals surface area (Å²) in [5.41, 5.74) is 3.25. The van der Waals surface area contributed by atoms with E-state index in [2.05, 4.69) is 0 Å². The molecule has 0 unspecified atom stereocenters. The number of carbonyl (C=O) groups excluding carboxylic acids is 2. The van der Waals surface area contributed by atoms with Crippen LogP contribution < -0.4 is 14.5 Å². The number of Topliss-reactive ketones (excluding diaryl/α,β-unsaturated/α-hetero) is 1. The van der Waals surface area contributed by atoms with Crippen LogP contribution in [0.5, 0.6) is 5.75 Å². The molecule has 1 aliphatic heterocycles. The van der Waals surface area contributed by atoms with Crippen molar-refractivity contribution in [2.45, 2.75) is 0 Å². The van der Waals surface area contributed by atoms with E-state index in [4.69, 9.17) is 9.47 Å². The molecule has 36 heavy (non-hydrogen) atoms. The van der Waals surface area contributed by atoms with Gasteiger partial charge in [0.25, 0.3) is 0 Å². The van der Waals surface area contributed by atoms with Gasteiger partial charge in [0.1, 0.15) is 23.2 Å². The summed E-state index contributed by atoms with van der Waals surface area (Å²) >= 11 is 0. The fraction of sp³-hybridized carbons (Fsp3) is 0.138. The van der Waals surface area contributed by atoms with Gasteiger partial charge in [0.05, 0.1) is 24.1 Å². The number of carbonyl (C=O) groups is 2. The predicted molar refractivity (Wildman–Crippen MR) is 139 cm³/mol. The average Bonchev–Trinajstić information content (AvgIpc) is 3.17. The van der Waals surface area contributed by atoms with Crippen molar-refractivity contribution >= 4 is 34.8 Å². The van der Waals surface area contributed by atoms with E-state index in [0.717, 1.165) is 11.4 Å². The van der Waals surface area contributed by atoms with Gasteiger partial charge in [0.2, 0.25) is 5.78 Å². The molecule has 0 fully saturated rings. The summed E-state index contributed by atoms with van der Waals surface area (Å²) in [7, 11) is 5.13. The zero-order valence-electron chi connectivity index (χ0n) is 20.3. The topological polar surface area (TPSA) is 82.9 Å². The fourth-order valence-corrected chi connectivity index (χ4v) is 4.16. The molecule has 7 nitrogen and oxygen atoms in total. The van der Waals surface area contributed by atoms with Crippen LogP contribution in [0, 0.1) is 11.3 Å². The van der Waals surface area contributed by atoms with Crippen molar-refractivity contribution in [1.29, 1.82) is 5.26 Å². The fourth-order valence-electron chi connectivity index (χ4n) is 4.16. The first-order chi connectivity index (χ1) is 17.5. The summed E-state index contributed by atoms with van der Waals surface area (Å²) in [5.74, 6) is -0.234. The van der Waals surface area contributed by atoms with Crippen LogP contribution in [0.25, 0.3) is 11.6 Å². The summed E-state index contributed by atoms with van der Waals surface area (Å²) in [5, 5.41) is 9.83. The van der Waals surface area contributed by atoms with Gasteiger partial charge >= 0.3 is 5.97 Å². The number of benzene rings is 3. The largest absolute Gasteiger partial charge is 0.496 e. The number of ether oxygens (including phenoxy) is 2. The van der Waals surface area contributed by atoms with Gasteiger partial charge in [0.15, 0.2) is 6.61 Å². The van der Waals surface area contributed by atoms with Crippen molar-refractivity contribution in [1.82, 2.24) is 0 Å². The van der Waals surface area contributed by atoms with Crippen LogP contribution in [0.3, 0.4) is 0 Å². The van der Waals surface area contributed by atoms with Crippen molar-refractivity contribution in [2.24, 2.45) is 0 Å². The van der Waals surface area contributed by atoms with Gasteiger partial charge in [-0.25, -0.2) is 4.79 Å². The number of fused-ring (bicyclic) bond motifs is 1. The highest BCUT2D eigenvalue weighted by Crippen LogP contribution is 2.40. The molecule has 3 aromatic carbocycles. The summed E-state index contributed by atoms with van der Waals surface area (Å²) in [4.78, 5) is 29.8. The lowest BCUT2D eigenvalue weighted by Crippen LogP contribution is -2.28. The van der Waals surface area contributed by atoms with Crippen LogP contribution in [0.1, 0.15) is 11.1 Å². The molecular formula is C29H25N3O4. The SMILES string of the molecule is COc1ccccc1/C=C(/C(=O)OCC(=O)C(C#N)=C1N(C)c2ccccc2N1C)c1ccccc1. The second-order valence-corrected chi connectivity index (χ2v) is 8.08. The van der Waals surface area contributed by atoms with Gasteiger partial charge in [-0.1, -0.05) is 60.7 Å². The molecular weight excluding hydrogens is 454 g/mol. The lowest BCUT2D eigenvalue weighted by Gasteiger charge is -2.20. The molecule has 1 aliphatic rings. The van der Waals surface area contributed by atoms with E-state index >= 15 is 0 Å². The van der Waals surface area contributed by atoms with E-state index in [1.54, 1.807) is 55.3 Å². The van der Waals surface area contributed by atoms with E-state index in [-0.39, 0.29) is 11.1 Å². The Hall–Kier alpha value is -4.83. The minimum Gasteiger partial charge on any atom is -0.496 e. The zero-order valence-corrected chi connectivity index (χ0v) is 20.3. The van der Waals surface area contributed by atoms with Gasteiger partial charge < -0.3 is 19.3 Å². The molecule has 7 heteroatoms. The van der Waals surface area contributed by atoms with Crippen LogP contribution in [0.2, 0.25) is 0 Å². The number of nitriles is 1. The number of esters is 1. The molecule has 0 aromatic heterocycles. The summed E-state index contributed by atoms with van der Waals surface area (Å²) in [6.45, 7) is -0.570. The van der Waals surface area contributed by atoms with Crippen LogP contribution >= 0.6 is 0 Å². The molecule has 0 amide bonds. The Morgan fingerprint density at radius 1 is 0.889 bits per heavy atom. The summed E-state index contributed by atoms with van der Waals surface area (Å²) < 4.78 is 10.8. The van der Waals surface area contributed by atoms with Gasteiger partial charge in [0, 0.05) is 19.7 Å². The molecule has 0 bridgehead atoms. The molecule has 1 heterocycles. The maximum atomic E-state index is 13.2. The van der Waals surface area contributed by atoms with Crippen molar-refractivity contribution in [3.63, 3.8) is 0 Å². The van der Waals surface area contributed by atoms with Gasteiger partial charge in [-0.15, -0.1) is 0 Å². The van der Waals surface area contributed by atoms with Crippen LogP contribution in [0.15, 0.2) is 90.3 Å². The zero-order chi connectivity index (χ0) is 25.7. The maximum Gasteiger partial charge on any atom is 0.339 e. The Kier molecular flexibility index (Phi) is 7.17. The molecule has 0 aliphatic carbocycles. The van der Waals surface area contributed by atoms with Crippen molar-refractivity contribution in [3.8, 4) is 11.8 Å².